The molecule has 1 atom stereocenters. The van der Waals surface area contributed by atoms with Crippen LogP contribution in [0.3, 0.4) is 0 Å². The van der Waals surface area contributed by atoms with Crippen LogP contribution < -0.4 is 10.1 Å². The summed E-state index contributed by atoms with van der Waals surface area (Å²) in [5.41, 5.74) is 3.12. The highest BCUT2D eigenvalue weighted by atomic mass is 16.5. The van der Waals surface area contributed by atoms with Gasteiger partial charge < -0.3 is 10.1 Å². The number of hydrogen-bond donors (Lipinski definition) is 1. The summed E-state index contributed by atoms with van der Waals surface area (Å²) in [7, 11) is 0. The molecule has 0 amide bonds. The van der Waals surface area contributed by atoms with Gasteiger partial charge >= 0.3 is 0 Å². The molecule has 2 heteroatoms. The van der Waals surface area contributed by atoms with Crippen LogP contribution in [0.2, 0.25) is 0 Å². The average Bonchev–Trinajstić information content (AvgIpc) is 2.63. The molecule has 1 unspecified atom stereocenters. The maximum Gasteiger partial charge on any atom is 0.122 e. The van der Waals surface area contributed by atoms with Gasteiger partial charge in [-0.05, 0) is 56.1 Å². The van der Waals surface area contributed by atoms with Gasteiger partial charge in [0, 0.05) is 18.3 Å². The van der Waals surface area contributed by atoms with Crippen molar-refractivity contribution >= 4 is 5.69 Å². The first-order valence-electron chi connectivity index (χ1n) is 7.52. The molecule has 3 rings (SSSR count). The van der Waals surface area contributed by atoms with Gasteiger partial charge in [-0.3, -0.25) is 0 Å². The Labute approximate surface area is 116 Å². The van der Waals surface area contributed by atoms with Crippen molar-refractivity contribution in [2.75, 3.05) is 11.9 Å². The van der Waals surface area contributed by atoms with E-state index in [1.165, 1.54) is 30.5 Å². The van der Waals surface area contributed by atoms with E-state index < -0.39 is 0 Å². The first-order valence-corrected chi connectivity index (χ1v) is 7.52. The minimum Gasteiger partial charge on any atom is -0.487 e. The van der Waals surface area contributed by atoms with Gasteiger partial charge in [0.1, 0.15) is 11.4 Å². The van der Waals surface area contributed by atoms with E-state index in [9.17, 15) is 0 Å². The van der Waals surface area contributed by atoms with E-state index in [0.29, 0.717) is 5.41 Å². The molecule has 1 aliphatic heterocycles. The van der Waals surface area contributed by atoms with E-state index in [0.717, 1.165) is 25.1 Å². The maximum absolute atomic E-state index is 6.32. The molecule has 0 radical (unpaired) electrons. The molecule has 0 aromatic heterocycles. The molecule has 0 spiro atoms. The fourth-order valence-corrected chi connectivity index (χ4v) is 3.67. The molecule has 1 N–H and O–H groups in total. The lowest BCUT2D eigenvalue weighted by atomic mass is 9.90. The maximum atomic E-state index is 6.32. The van der Waals surface area contributed by atoms with Gasteiger partial charge in [-0.25, -0.2) is 0 Å². The summed E-state index contributed by atoms with van der Waals surface area (Å²) in [6.45, 7) is 8.03. The Balaban J connectivity index is 1.77. The van der Waals surface area contributed by atoms with Crippen molar-refractivity contribution in [3.8, 4) is 5.75 Å². The summed E-state index contributed by atoms with van der Waals surface area (Å²) in [4.78, 5) is 0. The number of nitrogens with one attached hydrogen (secondary N) is 1. The van der Waals surface area contributed by atoms with Crippen LogP contribution >= 0.6 is 0 Å². The van der Waals surface area contributed by atoms with E-state index in [-0.39, 0.29) is 5.60 Å². The zero-order valence-electron chi connectivity index (χ0n) is 12.4. The van der Waals surface area contributed by atoms with Gasteiger partial charge in [0.05, 0.1) is 0 Å². The Kier molecular flexibility index (Phi) is 2.99. The number of benzene rings is 1. The highest BCUT2D eigenvalue weighted by Gasteiger charge is 2.41. The van der Waals surface area contributed by atoms with E-state index in [4.69, 9.17) is 4.74 Å². The Morgan fingerprint density at radius 3 is 2.74 bits per heavy atom. The van der Waals surface area contributed by atoms with Crippen LogP contribution in [0.4, 0.5) is 5.69 Å². The quantitative estimate of drug-likeness (QED) is 0.850. The molecule has 1 aromatic rings. The predicted molar refractivity (Wildman–Crippen MR) is 79.9 cm³/mol. The zero-order chi connectivity index (χ0) is 13.5. The number of aryl methyl sites for hydroxylation is 1. The van der Waals surface area contributed by atoms with Crippen molar-refractivity contribution in [1.29, 1.82) is 0 Å². The molecule has 2 nitrogen and oxygen atoms in total. The number of fused-ring (bicyclic) bond motifs is 1. The van der Waals surface area contributed by atoms with Crippen LogP contribution in [0.15, 0.2) is 18.2 Å². The first-order chi connectivity index (χ1) is 8.96. The van der Waals surface area contributed by atoms with E-state index in [1.807, 2.05) is 0 Å². The summed E-state index contributed by atoms with van der Waals surface area (Å²) in [5, 5.41) is 3.48. The molecule has 1 fully saturated rings. The largest absolute Gasteiger partial charge is 0.487 e. The third-order valence-corrected chi connectivity index (χ3v) is 4.57. The van der Waals surface area contributed by atoms with Crippen molar-refractivity contribution in [3.05, 3.63) is 23.8 Å². The van der Waals surface area contributed by atoms with Gasteiger partial charge in [-0.2, -0.15) is 0 Å². The van der Waals surface area contributed by atoms with Gasteiger partial charge in [0.15, 0.2) is 0 Å². The molecular formula is C17H25NO. The lowest BCUT2D eigenvalue weighted by Crippen LogP contribution is -2.30. The summed E-state index contributed by atoms with van der Waals surface area (Å²) in [5.74, 6) is 1.02. The Bertz CT molecular complexity index is 480. The van der Waals surface area contributed by atoms with Crippen molar-refractivity contribution in [2.24, 2.45) is 5.41 Å². The smallest absolute Gasteiger partial charge is 0.122 e. The Morgan fingerprint density at radius 2 is 2.00 bits per heavy atom. The van der Waals surface area contributed by atoms with Crippen LogP contribution in [0.25, 0.3) is 0 Å². The molecule has 19 heavy (non-hydrogen) atoms. The number of anilines is 1. The molecule has 1 aromatic carbocycles. The SMILES string of the molecule is CC1(C)CCC(C)(Oc2ccc3c(c2)NCCC3)C1. The normalized spacial score (nSPS) is 28.6. The zero-order valence-corrected chi connectivity index (χ0v) is 12.4. The molecular weight excluding hydrogens is 234 g/mol. The van der Waals surface area contributed by atoms with Crippen molar-refractivity contribution in [3.63, 3.8) is 0 Å². The summed E-state index contributed by atoms with van der Waals surface area (Å²) in [6.07, 6.45) is 5.98. The van der Waals surface area contributed by atoms with Crippen LogP contribution in [0, 0.1) is 5.41 Å². The fourth-order valence-electron chi connectivity index (χ4n) is 3.67. The summed E-state index contributed by atoms with van der Waals surface area (Å²) >= 11 is 0. The highest BCUT2D eigenvalue weighted by molar-refractivity contribution is 5.56. The second kappa shape index (κ2) is 4.43. The monoisotopic (exact) mass is 259 g/mol. The molecule has 0 saturated heterocycles. The van der Waals surface area contributed by atoms with Gasteiger partial charge in [0.2, 0.25) is 0 Å². The highest BCUT2D eigenvalue weighted by Crippen LogP contribution is 2.45. The number of rotatable bonds is 2. The first kappa shape index (κ1) is 12.8. The minimum atomic E-state index is 0.00635. The number of hydrogen-bond acceptors (Lipinski definition) is 2. The van der Waals surface area contributed by atoms with Crippen molar-refractivity contribution in [2.45, 2.75) is 58.5 Å². The van der Waals surface area contributed by atoms with Gasteiger partial charge in [0.25, 0.3) is 0 Å². The van der Waals surface area contributed by atoms with E-state index >= 15 is 0 Å². The number of ether oxygens (including phenoxy) is 1. The summed E-state index contributed by atoms with van der Waals surface area (Å²) in [6, 6.07) is 6.55. The average molecular weight is 259 g/mol. The second-order valence-corrected chi connectivity index (χ2v) is 7.24. The molecule has 104 valence electrons. The molecule has 2 aliphatic rings. The summed E-state index contributed by atoms with van der Waals surface area (Å²) < 4.78 is 6.32. The molecule has 1 aliphatic carbocycles. The van der Waals surface area contributed by atoms with E-state index in [2.05, 4.69) is 44.3 Å². The Morgan fingerprint density at radius 1 is 1.16 bits per heavy atom. The van der Waals surface area contributed by atoms with Crippen molar-refractivity contribution in [1.82, 2.24) is 0 Å². The standard InChI is InChI=1S/C17H25NO/c1-16(2)8-9-17(3,12-16)19-14-7-6-13-5-4-10-18-15(13)11-14/h6-7,11,18H,4-5,8-10,12H2,1-3H3. The fraction of sp³-hybridized carbons (Fsp3) is 0.647. The second-order valence-electron chi connectivity index (χ2n) is 7.24. The van der Waals surface area contributed by atoms with Gasteiger partial charge in [-0.15, -0.1) is 0 Å². The third-order valence-electron chi connectivity index (χ3n) is 4.57. The lowest BCUT2D eigenvalue weighted by molar-refractivity contribution is 0.0848. The van der Waals surface area contributed by atoms with Crippen LogP contribution in [0.5, 0.6) is 5.75 Å². The third kappa shape index (κ3) is 2.72. The van der Waals surface area contributed by atoms with Crippen LogP contribution in [-0.2, 0) is 6.42 Å². The predicted octanol–water partition coefficient (Wildman–Crippen LogP) is 4.39. The molecule has 1 saturated carbocycles. The van der Waals surface area contributed by atoms with Crippen LogP contribution in [0.1, 0.15) is 52.0 Å². The lowest BCUT2D eigenvalue weighted by Gasteiger charge is -2.29. The van der Waals surface area contributed by atoms with Crippen molar-refractivity contribution < 1.29 is 4.74 Å². The molecule has 1 heterocycles. The molecule has 0 bridgehead atoms. The Hall–Kier alpha value is -1.18. The van der Waals surface area contributed by atoms with Crippen LogP contribution in [-0.4, -0.2) is 12.1 Å². The topological polar surface area (TPSA) is 21.3 Å². The van der Waals surface area contributed by atoms with Gasteiger partial charge in [-0.1, -0.05) is 19.9 Å². The van der Waals surface area contributed by atoms with E-state index in [1.54, 1.807) is 0 Å². The minimum absolute atomic E-state index is 0.00635.